The summed E-state index contributed by atoms with van der Waals surface area (Å²) in [6, 6.07) is 10.8. The number of hydrogen-bond donors (Lipinski definition) is 1. The molecule has 2 atom stereocenters. The largest absolute Gasteiger partial charge is 0.493 e. The van der Waals surface area contributed by atoms with Gasteiger partial charge in [-0.3, -0.25) is 0 Å². The Hall–Kier alpha value is -2.22. The highest BCUT2D eigenvalue weighted by Crippen LogP contribution is 2.38. The van der Waals surface area contributed by atoms with Crippen LogP contribution in [0, 0.1) is 5.92 Å². The Morgan fingerprint density at radius 2 is 1.44 bits per heavy atom. The number of rotatable bonds is 4. The third-order valence-electron chi connectivity index (χ3n) is 4.59. The van der Waals surface area contributed by atoms with Gasteiger partial charge in [0, 0.05) is 24.9 Å². The van der Waals surface area contributed by atoms with Gasteiger partial charge < -0.3 is 10.1 Å². The minimum atomic E-state index is -4.89. The zero-order valence-corrected chi connectivity index (χ0v) is 14.1. The summed E-state index contributed by atoms with van der Waals surface area (Å²) in [5, 5.41) is 3.19. The summed E-state index contributed by atoms with van der Waals surface area (Å²) >= 11 is 0. The summed E-state index contributed by atoms with van der Waals surface area (Å²) in [6.45, 7) is 1.27. The minimum Gasteiger partial charge on any atom is -0.493 e. The van der Waals surface area contributed by atoms with Gasteiger partial charge in [-0.25, -0.2) is 0 Å². The molecule has 1 saturated heterocycles. The van der Waals surface area contributed by atoms with Crippen molar-refractivity contribution in [3.8, 4) is 5.75 Å². The number of ether oxygens (including phenoxy) is 1. The first-order valence-corrected chi connectivity index (χ1v) is 8.32. The van der Waals surface area contributed by atoms with E-state index >= 15 is 0 Å². The molecule has 1 fully saturated rings. The number of alkyl halides is 6. The van der Waals surface area contributed by atoms with Crippen molar-refractivity contribution >= 4 is 0 Å². The molecule has 2 aromatic carbocycles. The molecular weight excluding hydrogens is 372 g/mol. The molecule has 2 aromatic rings. The van der Waals surface area contributed by atoms with Crippen molar-refractivity contribution in [2.24, 2.45) is 5.92 Å². The van der Waals surface area contributed by atoms with Crippen molar-refractivity contribution in [1.82, 2.24) is 5.32 Å². The van der Waals surface area contributed by atoms with Crippen LogP contribution in [-0.4, -0.2) is 19.7 Å². The molecule has 1 aliphatic rings. The molecular formula is C19H17F6NO. The molecule has 0 aromatic heterocycles. The van der Waals surface area contributed by atoms with Gasteiger partial charge >= 0.3 is 12.4 Å². The smallest absolute Gasteiger partial charge is 0.416 e. The highest BCUT2D eigenvalue weighted by atomic mass is 19.4. The number of hydrogen-bond acceptors (Lipinski definition) is 2. The summed E-state index contributed by atoms with van der Waals surface area (Å²) in [6.07, 6.45) is -9.78. The van der Waals surface area contributed by atoms with E-state index in [-0.39, 0.29) is 24.5 Å². The molecule has 146 valence electrons. The van der Waals surface area contributed by atoms with Crippen molar-refractivity contribution in [3.05, 3.63) is 65.2 Å². The Morgan fingerprint density at radius 3 is 2.00 bits per heavy atom. The van der Waals surface area contributed by atoms with Crippen LogP contribution in [0.3, 0.4) is 0 Å². The number of nitrogens with one attached hydrogen (secondary N) is 1. The highest BCUT2D eigenvalue weighted by Gasteiger charge is 2.37. The summed E-state index contributed by atoms with van der Waals surface area (Å²) in [5.41, 5.74) is -1.70. The fourth-order valence-corrected chi connectivity index (χ4v) is 3.21. The fraction of sp³-hybridized carbons (Fsp3) is 0.368. The van der Waals surface area contributed by atoms with Crippen molar-refractivity contribution in [2.75, 3.05) is 19.7 Å². The average Bonchev–Trinajstić information content (AvgIpc) is 3.07. The molecule has 0 aliphatic carbocycles. The molecule has 0 bridgehead atoms. The van der Waals surface area contributed by atoms with Crippen LogP contribution in [0.1, 0.15) is 22.6 Å². The maximum Gasteiger partial charge on any atom is 0.416 e. The Balaban J connectivity index is 1.79. The third-order valence-corrected chi connectivity index (χ3v) is 4.59. The molecule has 0 radical (unpaired) electrons. The average molecular weight is 389 g/mol. The van der Waals surface area contributed by atoms with Gasteiger partial charge in [0.2, 0.25) is 0 Å². The minimum absolute atomic E-state index is 0.0190. The van der Waals surface area contributed by atoms with Crippen molar-refractivity contribution < 1.29 is 31.1 Å². The van der Waals surface area contributed by atoms with Gasteiger partial charge in [0.05, 0.1) is 17.7 Å². The first kappa shape index (κ1) is 19.5. The van der Waals surface area contributed by atoms with E-state index in [4.69, 9.17) is 4.74 Å². The monoisotopic (exact) mass is 389 g/mol. The Morgan fingerprint density at radius 1 is 0.852 bits per heavy atom. The standard InChI is InChI=1S/C19H17F6NO/c20-18(21,22)14-6-15(19(23,24)25)8-16(7-14)27-11-13-9-26-10-17(13)12-4-2-1-3-5-12/h1-8,13,17,26H,9-11H2/t13-,17-/m1/s1. The fourth-order valence-electron chi connectivity index (χ4n) is 3.21. The molecule has 2 nitrogen and oxygen atoms in total. The van der Waals surface area contributed by atoms with Gasteiger partial charge in [-0.2, -0.15) is 26.3 Å². The van der Waals surface area contributed by atoms with Crippen LogP contribution in [-0.2, 0) is 12.4 Å². The molecule has 0 amide bonds. The van der Waals surface area contributed by atoms with Crippen LogP contribution in [0.5, 0.6) is 5.75 Å². The molecule has 8 heteroatoms. The van der Waals surface area contributed by atoms with E-state index in [1.807, 2.05) is 30.3 Å². The van der Waals surface area contributed by atoms with E-state index in [2.05, 4.69) is 5.32 Å². The van der Waals surface area contributed by atoms with Gasteiger partial charge in [-0.15, -0.1) is 0 Å². The zero-order chi connectivity index (χ0) is 19.7. The lowest BCUT2D eigenvalue weighted by Crippen LogP contribution is -2.20. The maximum absolute atomic E-state index is 12.9. The van der Waals surface area contributed by atoms with Crippen LogP contribution in [0.4, 0.5) is 26.3 Å². The summed E-state index contributed by atoms with van der Waals surface area (Å²) in [4.78, 5) is 0. The van der Waals surface area contributed by atoms with Crippen molar-refractivity contribution in [2.45, 2.75) is 18.3 Å². The van der Waals surface area contributed by atoms with Crippen molar-refractivity contribution in [1.29, 1.82) is 0 Å². The van der Waals surface area contributed by atoms with E-state index in [0.29, 0.717) is 25.2 Å². The molecule has 3 rings (SSSR count). The number of halogens is 6. The van der Waals surface area contributed by atoms with Crippen LogP contribution < -0.4 is 10.1 Å². The predicted octanol–water partition coefficient (Wildman–Crippen LogP) is 5.11. The maximum atomic E-state index is 12.9. The number of benzene rings is 2. The van der Waals surface area contributed by atoms with Crippen molar-refractivity contribution in [3.63, 3.8) is 0 Å². The molecule has 1 aliphatic heterocycles. The van der Waals surface area contributed by atoms with E-state index in [9.17, 15) is 26.3 Å². The normalized spacial score (nSPS) is 20.7. The highest BCUT2D eigenvalue weighted by molar-refractivity contribution is 5.37. The topological polar surface area (TPSA) is 21.3 Å². The lowest BCUT2D eigenvalue weighted by molar-refractivity contribution is -0.143. The van der Waals surface area contributed by atoms with Gasteiger partial charge in [0.25, 0.3) is 0 Å². The zero-order valence-electron chi connectivity index (χ0n) is 14.1. The summed E-state index contributed by atoms with van der Waals surface area (Å²) in [5.74, 6) is -0.411. The SMILES string of the molecule is FC(F)(F)c1cc(OC[C@H]2CNC[C@@H]2c2ccccc2)cc(C(F)(F)F)c1. The summed E-state index contributed by atoms with van der Waals surface area (Å²) < 4.78 is 82.9. The van der Waals surface area contributed by atoms with Gasteiger partial charge in [0.15, 0.2) is 0 Å². The van der Waals surface area contributed by atoms with E-state index in [1.165, 1.54) is 0 Å². The second kappa shape index (κ2) is 7.42. The molecule has 0 unspecified atom stereocenters. The second-order valence-corrected chi connectivity index (χ2v) is 6.49. The lowest BCUT2D eigenvalue weighted by Gasteiger charge is -2.20. The Labute approximate surface area is 152 Å². The molecule has 0 spiro atoms. The van der Waals surface area contributed by atoms with Crippen LogP contribution >= 0.6 is 0 Å². The van der Waals surface area contributed by atoms with E-state index < -0.39 is 29.2 Å². The molecule has 1 N–H and O–H groups in total. The third kappa shape index (κ3) is 4.74. The van der Waals surface area contributed by atoms with Gasteiger partial charge in [0.1, 0.15) is 5.75 Å². The summed E-state index contributed by atoms with van der Waals surface area (Å²) in [7, 11) is 0. The van der Waals surface area contributed by atoms with Gasteiger partial charge in [-0.05, 0) is 23.8 Å². The second-order valence-electron chi connectivity index (χ2n) is 6.49. The first-order valence-electron chi connectivity index (χ1n) is 8.32. The Bertz CT molecular complexity index is 740. The molecule has 27 heavy (non-hydrogen) atoms. The van der Waals surface area contributed by atoms with Crippen LogP contribution in [0.2, 0.25) is 0 Å². The first-order chi connectivity index (χ1) is 12.6. The molecule has 1 heterocycles. The van der Waals surface area contributed by atoms with E-state index in [1.54, 1.807) is 0 Å². The van der Waals surface area contributed by atoms with Crippen LogP contribution in [0.25, 0.3) is 0 Å². The predicted molar refractivity (Wildman–Crippen MR) is 87.5 cm³/mol. The van der Waals surface area contributed by atoms with E-state index in [0.717, 1.165) is 5.56 Å². The quantitative estimate of drug-likeness (QED) is 0.734. The molecule has 0 saturated carbocycles. The van der Waals surface area contributed by atoms with Crippen LogP contribution in [0.15, 0.2) is 48.5 Å². The Kier molecular flexibility index (Phi) is 5.37. The lowest BCUT2D eigenvalue weighted by atomic mass is 9.89. The van der Waals surface area contributed by atoms with Gasteiger partial charge in [-0.1, -0.05) is 30.3 Å².